The Hall–Kier alpha value is -3.53. The number of hydrogen-bond acceptors (Lipinski definition) is 7. The minimum absolute atomic E-state index is 0.0778. The van der Waals surface area contributed by atoms with E-state index >= 15 is 0 Å². The SMILES string of the molecule is CCOC(=O)C1=C(C)N(CC(=O)Nc2c(C)cccc2C)c2nnnn2C1c1ccccc1Br. The number of tetrazole rings is 1. The summed E-state index contributed by atoms with van der Waals surface area (Å²) in [5.41, 5.74) is 4.42. The lowest BCUT2D eigenvalue weighted by atomic mass is 9.95. The molecule has 176 valence electrons. The number of fused-ring (bicyclic) bond motifs is 1. The maximum Gasteiger partial charge on any atom is 0.338 e. The molecule has 0 aliphatic carbocycles. The van der Waals surface area contributed by atoms with Gasteiger partial charge in [0.25, 0.3) is 5.95 Å². The van der Waals surface area contributed by atoms with Gasteiger partial charge in [0.1, 0.15) is 12.6 Å². The molecule has 0 radical (unpaired) electrons. The van der Waals surface area contributed by atoms with Crippen molar-refractivity contribution in [3.8, 4) is 0 Å². The van der Waals surface area contributed by atoms with Crippen molar-refractivity contribution >= 4 is 39.4 Å². The molecule has 1 N–H and O–H groups in total. The Morgan fingerprint density at radius 3 is 2.47 bits per heavy atom. The van der Waals surface area contributed by atoms with Gasteiger partial charge in [0.15, 0.2) is 0 Å². The van der Waals surface area contributed by atoms with Gasteiger partial charge >= 0.3 is 5.97 Å². The number of carbonyl (C=O) groups is 2. The molecule has 1 atom stereocenters. The van der Waals surface area contributed by atoms with E-state index in [-0.39, 0.29) is 19.1 Å². The Kier molecular flexibility index (Phi) is 6.78. The summed E-state index contributed by atoms with van der Waals surface area (Å²) in [6, 6.07) is 12.8. The Morgan fingerprint density at radius 1 is 1.09 bits per heavy atom. The first kappa shape index (κ1) is 23.6. The zero-order valence-corrected chi connectivity index (χ0v) is 21.0. The van der Waals surface area contributed by atoms with E-state index in [2.05, 4.69) is 36.8 Å². The largest absolute Gasteiger partial charge is 0.463 e. The van der Waals surface area contributed by atoms with Crippen LogP contribution in [0.15, 0.2) is 58.2 Å². The minimum atomic E-state index is -0.613. The number of allylic oxidation sites excluding steroid dienone is 1. The zero-order valence-electron chi connectivity index (χ0n) is 19.4. The number of ether oxygens (including phenoxy) is 1. The van der Waals surface area contributed by atoms with Gasteiger partial charge in [-0.25, -0.2) is 4.79 Å². The highest BCUT2D eigenvalue weighted by Crippen LogP contribution is 2.40. The Balaban J connectivity index is 1.76. The molecule has 1 unspecified atom stereocenters. The highest BCUT2D eigenvalue weighted by atomic mass is 79.9. The molecule has 1 aromatic heterocycles. The van der Waals surface area contributed by atoms with Gasteiger partial charge in [-0.05, 0) is 60.9 Å². The summed E-state index contributed by atoms with van der Waals surface area (Å²) in [6.07, 6.45) is 0. The van der Waals surface area contributed by atoms with Gasteiger partial charge in [0.05, 0.1) is 12.2 Å². The predicted molar refractivity (Wildman–Crippen MR) is 131 cm³/mol. The number of nitrogens with zero attached hydrogens (tertiary/aromatic N) is 5. The molecule has 10 heteroatoms. The molecule has 1 amide bonds. The standard InChI is InChI=1S/C24H25BrN6O3/c1-5-34-23(33)20-16(4)30(13-19(32)26-21-14(2)9-8-10-15(21)3)24-27-28-29-31(24)22(20)17-11-6-7-12-18(17)25/h6-12,22H,5,13H2,1-4H3,(H,26,32). The number of halogens is 1. The van der Waals surface area contributed by atoms with Crippen LogP contribution >= 0.6 is 15.9 Å². The van der Waals surface area contributed by atoms with Crippen molar-refractivity contribution in [2.45, 2.75) is 33.7 Å². The molecule has 0 bridgehead atoms. The molecule has 0 fully saturated rings. The topological polar surface area (TPSA) is 102 Å². The summed E-state index contributed by atoms with van der Waals surface area (Å²) in [6.45, 7) is 7.55. The lowest BCUT2D eigenvalue weighted by Gasteiger charge is -2.34. The summed E-state index contributed by atoms with van der Waals surface area (Å²) in [7, 11) is 0. The maximum atomic E-state index is 13.1. The molecule has 0 saturated carbocycles. The summed E-state index contributed by atoms with van der Waals surface area (Å²) in [5.74, 6) is -0.376. The van der Waals surface area contributed by atoms with Crippen LogP contribution in [0.2, 0.25) is 0 Å². The van der Waals surface area contributed by atoms with Gasteiger partial charge in [-0.2, -0.15) is 4.68 Å². The summed E-state index contributed by atoms with van der Waals surface area (Å²) >= 11 is 3.58. The number of hydrogen-bond donors (Lipinski definition) is 1. The first-order chi connectivity index (χ1) is 16.3. The highest BCUT2D eigenvalue weighted by molar-refractivity contribution is 9.10. The summed E-state index contributed by atoms with van der Waals surface area (Å²) in [4.78, 5) is 27.9. The smallest absolute Gasteiger partial charge is 0.338 e. The summed E-state index contributed by atoms with van der Waals surface area (Å²) < 4.78 is 7.74. The van der Waals surface area contributed by atoms with Crippen LogP contribution in [0, 0.1) is 13.8 Å². The average molecular weight is 525 g/mol. The lowest BCUT2D eigenvalue weighted by Crippen LogP contribution is -2.41. The Morgan fingerprint density at radius 2 is 1.79 bits per heavy atom. The van der Waals surface area contributed by atoms with Crippen LogP contribution in [-0.2, 0) is 14.3 Å². The molecular weight excluding hydrogens is 500 g/mol. The predicted octanol–water partition coefficient (Wildman–Crippen LogP) is 3.94. The minimum Gasteiger partial charge on any atom is -0.463 e. The van der Waals surface area contributed by atoms with Gasteiger partial charge in [-0.1, -0.05) is 57.4 Å². The number of aromatic nitrogens is 4. The van der Waals surface area contributed by atoms with Gasteiger partial charge in [-0.3, -0.25) is 4.79 Å². The average Bonchev–Trinajstić information content (AvgIpc) is 3.28. The van der Waals surface area contributed by atoms with Crippen LogP contribution in [0.1, 0.15) is 36.6 Å². The van der Waals surface area contributed by atoms with Crippen LogP contribution in [0.25, 0.3) is 0 Å². The number of rotatable bonds is 6. The number of esters is 1. The lowest BCUT2D eigenvalue weighted by molar-refractivity contribution is -0.139. The number of anilines is 2. The second-order valence-corrected chi connectivity index (χ2v) is 8.82. The van der Waals surface area contributed by atoms with Crippen LogP contribution in [0.3, 0.4) is 0 Å². The van der Waals surface area contributed by atoms with Gasteiger partial charge < -0.3 is 15.0 Å². The fourth-order valence-electron chi connectivity index (χ4n) is 4.12. The van der Waals surface area contributed by atoms with Crippen molar-refractivity contribution in [3.05, 3.63) is 74.9 Å². The molecule has 0 spiro atoms. The molecule has 9 nitrogen and oxygen atoms in total. The van der Waals surface area contributed by atoms with Crippen LogP contribution in [0.5, 0.6) is 0 Å². The normalized spacial score (nSPS) is 15.2. The number of aryl methyl sites for hydroxylation is 2. The second-order valence-electron chi connectivity index (χ2n) is 7.97. The molecule has 2 heterocycles. The Bertz CT molecular complexity index is 1260. The first-order valence-electron chi connectivity index (χ1n) is 10.9. The third-order valence-electron chi connectivity index (χ3n) is 5.77. The quantitative estimate of drug-likeness (QED) is 0.487. The number of para-hydroxylation sites is 1. The molecule has 34 heavy (non-hydrogen) atoms. The zero-order chi connectivity index (χ0) is 24.4. The van der Waals surface area contributed by atoms with Crippen LogP contribution in [0.4, 0.5) is 11.6 Å². The van der Waals surface area contributed by atoms with Crippen molar-refractivity contribution < 1.29 is 14.3 Å². The fourth-order valence-corrected chi connectivity index (χ4v) is 4.63. The molecule has 0 saturated heterocycles. The van der Waals surface area contributed by atoms with Gasteiger partial charge in [0, 0.05) is 15.9 Å². The van der Waals surface area contributed by atoms with Gasteiger partial charge in [-0.15, -0.1) is 0 Å². The molecule has 2 aromatic carbocycles. The number of benzene rings is 2. The van der Waals surface area contributed by atoms with E-state index in [0.29, 0.717) is 17.2 Å². The fraction of sp³-hybridized carbons (Fsp3) is 0.292. The Labute approximate surface area is 205 Å². The first-order valence-corrected chi connectivity index (χ1v) is 11.7. The van der Waals surface area contributed by atoms with Crippen molar-refractivity contribution in [1.29, 1.82) is 0 Å². The molecule has 4 rings (SSSR count). The molecule has 1 aliphatic rings. The third kappa shape index (κ3) is 4.33. The third-order valence-corrected chi connectivity index (χ3v) is 6.49. The van der Waals surface area contributed by atoms with Crippen molar-refractivity contribution in [2.24, 2.45) is 0 Å². The van der Waals surface area contributed by atoms with Gasteiger partial charge in [0.2, 0.25) is 5.91 Å². The second kappa shape index (κ2) is 9.76. The summed E-state index contributed by atoms with van der Waals surface area (Å²) in [5, 5.41) is 15.2. The molecular formula is C24H25BrN6O3. The van der Waals surface area contributed by atoms with Crippen LogP contribution < -0.4 is 10.2 Å². The molecule has 3 aromatic rings. The molecule has 1 aliphatic heterocycles. The van der Waals surface area contributed by atoms with E-state index in [9.17, 15) is 9.59 Å². The number of carbonyl (C=O) groups excluding carboxylic acids is 2. The van der Waals surface area contributed by atoms with Crippen molar-refractivity contribution in [1.82, 2.24) is 20.2 Å². The maximum absolute atomic E-state index is 13.1. The number of nitrogens with one attached hydrogen (secondary N) is 1. The van der Waals surface area contributed by atoms with E-state index in [1.165, 1.54) is 0 Å². The van der Waals surface area contributed by atoms with Crippen molar-refractivity contribution in [3.63, 3.8) is 0 Å². The van der Waals surface area contributed by atoms with E-state index in [1.54, 1.807) is 23.4 Å². The number of amides is 1. The van der Waals surface area contributed by atoms with E-state index in [0.717, 1.165) is 26.9 Å². The highest BCUT2D eigenvalue weighted by Gasteiger charge is 2.39. The van der Waals surface area contributed by atoms with E-state index in [4.69, 9.17) is 4.74 Å². The van der Waals surface area contributed by atoms with Crippen molar-refractivity contribution in [2.75, 3.05) is 23.4 Å². The van der Waals surface area contributed by atoms with Crippen LogP contribution in [-0.4, -0.2) is 45.2 Å². The van der Waals surface area contributed by atoms with E-state index in [1.807, 2.05) is 56.3 Å². The van der Waals surface area contributed by atoms with E-state index < -0.39 is 12.0 Å². The monoisotopic (exact) mass is 524 g/mol.